The Labute approximate surface area is 117 Å². The molecule has 3 rings (SSSR count). The normalized spacial score (nSPS) is 20.3. The highest BCUT2D eigenvalue weighted by Gasteiger charge is 2.33. The van der Waals surface area contributed by atoms with Gasteiger partial charge in [0.25, 0.3) is 0 Å². The fraction of sp³-hybridized carbons (Fsp3) is 0.778. The van der Waals surface area contributed by atoms with E-state index in [0.717, 1.165) is 11.8 Å². The van der Waals surface area contributed by atoms with Crippen LogP contribution in [-0.4, -0.2) is 0 Å². The van der Waals surface area contributed by atoms with E-state index >= 15 is 0 Å². The van der Waals surface area contributed by atoms with Crippen LogP contribution in [0, 0.1) is 0 Å². The Kier molecular flexibility index (Phi) is 4.00. The minimum Gasteiger partial charge on any atom is -0.465 e. The van der Waals surface area contributed by atoms with E-state index in [4.69, 9.17) is 4.42 Å². The van der Waals surface area contributed by atoms with Crippen molar-refractivity contribution in [1.29, 1.82) is 0 Å². The van der Waals surface area contributed by atoms with Crippen molar-refractivity contribution >= 4 is 0 Å². The zero-order chi connectivity index (χ0) is 13.2. The first kappa shape index (κ1) is 13.3. The minimum absolute atomic E-state index is 0.756. The summed E-state index contributed by atoms with van der Waals surface area (Å²) in [5.41, 5.74) is 3.24. The summed E-state index contributed by atoms with van der Waals surface area (Å²) in [6, 6.07) is 0. The van der Waals surface area contributed by atoms with Crippen LogP contribution in [0.4, 0.5) is 0 Å². The molecule has 0 aromatic carbocycles. The molecule has 1 heterocycles. The van der Waals surface area contributed by atoms with Crippen LogP contribution < -0.4 is 0 Å². The monoisotopic (exact) mass is 260 g/mol. The van der Waals surface area contributed by atoms with E-state index in [1.807, 2.05) is 0 Å². The molecule has 0 radical (unpaired) electrons. The van der Waals surface area contributed by atoms with E-state index in [2.05, 4.69) is 13.8 Å². The molecule has 2 fully saturated rings. The molecule has 106 valence electrons. The molecule has 0 unspecified atom stereocenters. The van der Waals surface area contributed by atoms with Crippen molar-refractivity contribution in [1.82, 2.24) is 0 Å². The summed E-state index contributed by atoms with van der Waals surface area (Å²) in [5.74, 6) is 4.31. The van der Waals surface area contributed by atoms with E-state index in [1.165, 1.54) is 75.7 Å². The van der Waals surface area contributed by atoms with Gasteiger partial charge in [-0.15, -0.1) is 0 Å². The molecule has 19 heavy (non-hydrogen) atoms. The maximum absolute atomic E-state index is 6.46. The van der Waals surface area contributed by atoms with Gasteiger partial charge in [-0.2, -0.15) is 0 Å². The van der Waals surface area contributed by atoms with Crippen molar-refractivity contribution < 1.29 is 4.42 Å². The summed E-state index contributed by atoms with van der Waals surface area (Å²) in [7, 11) is 0. The van der Waals surface area contributed by atoms with Crippen LogP contribution in [0.1, 0.15) is 99.7 Å². The van der Waals surface area contributed by atoms with Crippen LogP contribution >= 0.6 is 0 Å². The highest BCUT2D eigenvalue weighted by Crippen LogP contribution is 2.46. The van der Waals surface area contributed by atoms with Gasteiger partial charge in [0.15, 0.2) is 0 Å². The second-order valence-corrected chi connectivity index (χ2v) is 6.54. The van der Waals surface area contributed by atoms with Crippen LogP contribution in [-0.2, 0) is 12.8 Å². The standard InChI is InChI=1S/C18H28O/c1-3-7-15-16(8-4-2)18(14-11-6-12-14)19-17(15)13-9-5-10-13/h13-14H,3-12H2,1-2H3. The molecule has 0 bridgehead atoms. The summed E-state index contributed by atoms with van der Waals surface area (Å²) in [6.45, 7) is 4.60. The molecule has 1 aromatic rings. The Morgan fingerprint density at radius 2 is 1.21 bits per heavy atom. The van der Waals surface area contributed by atoms with Gasteiger partial charge in [-0.05, 0) is 49.7 Å². The van der Waals surface area contributed by atoms with Gasteiger partial charge in [0.1, 0.15) is 11.5 Å². The summed E-state index contributed by atoms with van der Waals surface area (Å²) >= 11 is 0. The molecule has 0 N–H and O–H groups in total. The Balaban J connectivity index is 1.96. The van der Waals surface area contributed by atoms with Crippen molar-refractivity contribution in [2.24, 2.45) is 0 Å². The summed E-state index contributed by atoms with van der Waals surface area (Å²) in [4.78, 5) is 0. The van der Waals surface area contributed by atoms with Crippen LogP contribution in [0.5, 0.6) is 0 Å². The van der Waals surface area contributed by atoms with E-state index in [9.17, 15) is 0 Å². The fourth-order valence-electron chi connectivity index (χ4n) is 3.59. The number of hydrogen-bond acceptors (Lipinski definition) is 1. The van der Waals surface area contributed by atoms with Crippen molar-refractivity contribution in [3.05, 3.63) is 22.6 Å². The Bertz CT molecular complexity index is 383. The van der Waals surface area contributed by atoms with Gasteiger partial charge >= 0.3 is 0 Å². The first-order valence-corrected chi connectivity index (χ1v) is 8.49. The molecule has 0 saturated heterocycles. The van der Waals surface area contributed by atoms with Crippen molar-refractivity contribution in [2.75, 3.05) is 0 Å². The van der Waals surface area contributed by atoms with Gasteiger partial charge < -0.3 is 4.42 Å². The van der Waals surface area contributed by atoms with Crippen molar-refractivity contribution in [3.63, 3.8) is 0 Å². The molecule has 0 atom stereocenters. The molecule has 1 nitrogen and oxygen atoms in total. The zero-order valence-corrected chi connectivity index (χ0v) is 12.6. The third-order valence-electron chi connectivity index (χ3n) is 5.13. The molecular weight excluding hydrogens is 232 g/mol. The first-order chi connectivity index (χ1) is 9.35. The van der Waals surface area contributed by atoms with Gasteiger partial charge in [-0.3, -0.25) is 0 Å². The maximum Gasteiger partial charge on any atom is 0.110 e. The minimum atomic E-state index is 0.756. The second-order valence-electron chi connectivity index (χ2n) is 6.54. The van der Waals surface area contributed by atoms with Crippen molar-refractivity contribution in [3.8, 4) is 0 Å². The lowest BCUT2D eigenvalue weighted by atomic mass is 9.79. The van der Waals surface area contributed by atoms with Gasteiger partial charge in [0, 0.05) is 11.8 Å². The number of furan rings is 1. The van der Waals surface area contributed by atoms with Gasteiger partial charge in [0.2, 0.25) is 0 Å². The zero-order valence-electron chi connectivity index (χ0n) is 12.6. The fourth-order valence-corrected chi connectivity index (χ4v) is 3.59. The average molecular weight is 260 g/mol. The van der Waals surface area contributed by atoms with Crippen LogP contribution in [0.2, 0.25) is 0 Å². The predicted molar refractivity (Wildman–Crippen MR) is 79.9 cm³/mol. The molecule has 2 saturated carbocycles. The molecule has 0 spiro atoms. The SMILES string of the molecule is CCCc1c(C2CCC2)oc(C2CCC2)c1CCC. The molecular formula is C18H28O. The molecule has 1 aromatic heterocycles. The van der Waals surface area contributed by atoms with Crippen LogP contribution in [0.25, 0.3) is 0 Å². The van der Waals surface area contributed by atoms with Gasteiger partial charge in [0.05, 0.1) is 0 Å². The largest absolute Gasteiger partial charge is 0.465 e. The maximum atomic E-state index is 6.46. The highest BCUT2D eigenvalue weighted by molar-refractivity contribution is 5.39. The third kappa shape index (κ3) is 2.37. The summed E-state index contributed by atoms with van der Waals surface area (Å²) in [5, 5.41) is 0. The van der Waals surface area contributed by atoms with Crippen molar-refractivity contribution in [2.45, 2.75) is 89.9 Å². The van der Waals surface area contributed by atoms with Crippen LogP contribution in [0.3, 0.4) is 0 Å². The lowest BCUT2D eigenvalue weighted by Gasteiger charge is -2.25. The Morgan fingerprint density at radius 1 is 0.789 bits per heavy atom. The lowest BCUT2D eigenvalue weighted by Crippen LogP contribution is -2.10. The second kappa shape index (κ2) is 5.73. The molecule has 2 aliphatic carbocycles. The molecule has 0 amide bonds. The molecule has 1 heteroatoms. The van der Waals surface area contributed by atoms with E-state index < -0.39 is 0 Å². The average Bonchev–Trinajstić information content (AvgIpc) is 2.56. The third-order valence-corrected chi connectivity index (χ3v) is 5.13. The topological polar surface area (TPSA) is 13.1 Å². The van der Waals surface area contributed by atoms with Gasteiger partial charge in [-0.25, -0.2) is 0 Å². The van der Waals surface area contributed by atoms with E-state index in [0.29, 0.717) is 0 Å². The van der Waals surface area contributed by atoms with E-state index in [-0.39, 0.29) is 0 Å². The quantitative estimate of drug-likeness (QED) is 0.637. The van der Waals surface area contributed by atoms with E-state index in [1.54, 1.807) is 11.1 Å². The molecule has 0 aliphatic heterocycles. The van der Waals surface area contributed by atoms with Gasteiger partial charge in [-0.1, -0.05) is 39.5 Å². The smallest absolute Gasteiger partial charge is 0.110 e. The molecule has 2 aliphatic rings. The lowest BCUT2D eigenvalue weighted by molar-refractivity contribution is 0.295. The van der Waals surface area contributed by atoms with Crippen LogP contribution in [0.15, 0.2) is 4.42 Å². The predicted octanol–water partition coefficient (Wildman–Crippen LogP) is 5.72. The highest BCUT2D eigenvalue weighted by atomic mass is 16.3. The number of hydrogen-bond donors (Lipinski definition) is 0. The Morgan fingerprint density at radius 3 is 1.47 bits per heavy atom. The summed E-state index contributed by atoms with van der Waals surface area (Å²) in [6.07, 6.45) is 13.2. The first-order valence-electron chi connectivity index (χ1n) is 8.49. The number of rotatable bonds is 6. The summed E-state index contributed by atoms with van der Waals surface area (Å²) < 4.78 is 6.46. The Hall–Kier alpha value is -0.720.